The summed E-state index contributed by atoms with van der Waals surface area (Å²) in [5.41, 5.74) is 7.13. The van der Waals surface area contributed by atoms with Crippen molar-refractivity contribution < 1.29 is 9.47 Å². The Kier molecular flexibility index (Phi) is 8.77. The zero-order valence-electron chi connectivity index (χ0n) is 21.8. The third-order valence-electron chi connectivity index (χ3n) is 6.07. The van der Waals surface area contributed by atoms with Gasteiger partial charge >= 0.3 is 0 Å². The van der Waals surface area contributed by atoms with Gasteiger partial charge in [-0.3, -0.25) is 0 Å². The molecule has 4 nitrogen and oxygen atoms in total. The highest BCUT2D eigenvalue weighted by Crippen LogP contribution is 2.34. The van der Waals surface area contributed by atoms with Gasteiger partial charge in [-0.25, -0.2) is 0 Å². The highest BCUT2D eigenvalue weighted by atomic mass is 16.5. The highest BCUT2D eigenvalue weighted by Gasteiger charge is 2.11. The van der Waals surface area contributed by atoms with E-state index in [0.717, 1.165) is 41.3 Å². The molecule has 186 valence electrons. The van der Waals surface area contributed by atoms with Gasteiger partial charge in [0.2, 0.25) is 0 Å². The predicted octanol–water partition coefficient (Wildman–Crippen LogP) is 6.26. The van der Waals surface area contributed by atoms with Gasteiger partial charge < -0.3 is 19.3 Å². The molecule has 0 unspecified atom stereocenters. The average molecular weight is 481 g/mol. The fraction of sp³-hybridized carbons (Fsp3) is 0.250. The monoisotopic (exact) mass is 480 g/mol. The van der Waals surface area contributed by atoms with Crippen LogP contribution in [0.5, 0.6) is 11.5 Å². The maximum atomic E-state index is 5.92. The number of benzene rings is 2. The summed E-state index contributed by atoms with van der Waals surface area (Å²) >= 11 is 0. The standard InChI is InChI=1S/C32H36N2O2/c1-33(2)20-22-35-29-16-12-26(13-17-29)32(24-28-11-10-25-8-6-5-7-9-31(25)28)27-14-18-30(19-15-27)36-23-21-34(3)4/h5-19,24H,20-23H2,1-4H3. The van der Waals surface area contributed by atoms with Crippen molar-refractivity contribution in [2.45, 2.75) is 0 Å². The fourth-order valence-electron chi connectivity index (χ4n) is 4.01. The van der Waals surface area contributed by atoms with Crippen LogP contribution in [0.25, 0.3) is 22.8 Å². The molecule has 2 aliphatic carbocycles. The molecule has 2 aromatic rings. The number of hydrogen-bond acceptors (Lipinski definition) is 4. The van der Waals surface area contributed by atoms with E-state index in [2.05, 4.69) is 135 Å². The summed E-state index contributed by atoms with van der Waals surface area (Å²) in [4.78, 5) is 4.24. The quantitative estimate of drug-likeness (QED) is 0.253. The van der Waals surface area contributed by atoms with Crippen LogP contribution < -0.4 is 9.47 Å². The van der Waals surface area contributed by atoms with E-state index < -0.39 is 0 Å². The lowest BCUT2D eigenvalue weighted by molar-refractivity contribution is 0.261. The van der Waals surface area contributed by atoms with Crippen LogP contribution in [0.4, 0.5) is 0 Å². The number of hydrogen-bond donors (Lipinski definition) is 0. The Morgan fingerprint density at radius 3 is 1.67 bits per heavy atom. The zero-order chi connectivity index (χ0) is 25.3. The number of ether oxygens (including phenoxy) is 2. The second-order valence-electron chi connectivity index (χ2n) is 9.48. The molecule has 0 radical (unpaired) electrons. The van der Waals surface area contributed by atoms with Gasteiger partial charge in [-0.05, 0) is 91.9 Å². The predicted molar refractivity (Wildman–Crippen MR) is 151 cm³/mol. The van der Waals surface area contributed by atoms with Crippen LogP contribution in [0, 0.1) is 0 Å². The van der Waals surface area contributed by atoms with Crippen molar-refractivity contribution in [3.63, 3.8) is 0 Å². The Morgan fingerprint density at radius 1 is 0.611 bits per heavy atom. The van der Waals surface area contributed by atoms with Crippen LogP contribution in [0.2, 0.25) is 0 Å². The van der Waals surface area contributed by atoms with Gasteiger partial charge in [0.1, 0.15) is 24.7 Å². The smallest absolute Gasteiger partial charge is 0.119 e. The lowest BCUT2D eigenvalue weighted by atomic mass is 9.95. The molecule has 2 aliphatic rings. The van der Waals surface area contributed by atoms with Crippen molar-refractivity contribution in [3.8, 4) is 22.6 Å². The summed E-state index contributed by atoms with van der Waals surface area (Å²) in [6, 6.07) is 31.8. The molecule has 36 heavy (non-hydrogen) atoms. The van der Waals surface area contributed by atoms with E-state index >= 15 is 0 Å². The summed E-state index contributed by atoms with van der Waals surface area (Å²) in [5, 5.41) is 0. The first-order chi connectivity index (χ1) is 17.5. The van der Waals surface area contributed by atoms with Crippen LogP contribution in [-0.4, -0.2) is 64.3 Å². The van der Waals surface area contributed by atoms with Gasteiger partial charge in [-0.15, -0.1) is 0 Å². The van der Waals surface area contributed by atoms with E-state index in [9.17, 15) is 0 Å². The molecule has 0 aromatic heterocycles. The summed E-state index contributed by atoms with van der Waals surface area (Å²) in [7, 11) is 8.20. The second kappa shape index (κ2) is 12.4. The van der Waals surface area contributed by atoms with Gasteiger partial charge in [0.05, 0.1) is 0 Å². The van der Waals surface area contributed by atoms with Crippen LogP contribution >= 0.6 is 0 Å². The average Bonchev–Trinajstić information content (AvgIpc) is 3.08. The van der Waals surface area contributed by atoms with Crippen LogP contribution in [-0.2, 0) is 0 Å². The molecule has 0 bridgehead atoms. The van der Waals surface area contributed by atoms with Crippen LogP contribution in [0.1, 0.15) is 16.7 Å². The van der Waals surface area contributed by atoms with Crippen molar-refractivity contribution >= 4 is 11.6 Å². The minimum atomic E-state index is 0.668. The SMILES string of the molecule is CN(C)CCOc1ccc(C(=Cc2ccc3cccccc2-3)c2ccc(OCCN(C)C)cc2)cc1. The first-order valence-electron chi connectivity index (χ1n) is 12.4. The summed E-state index contributed by atoms with van der Waals surface area (Å²) < 4.78 is 11.8. The minimum absolute atomic E-state index is 0.668. The lowest BCUT2D eigenvalue weighted by Crippen LogP contribution is -2.19. The molecule has 0 spiro atoms. The van der Waals surface area contributed by atoms with E-state index in [4.69, 9.17) is 9.47 Å². The molecule has 0 saturated heterocycles. The van der Waals surface area contributed by atoms with Gasteiger partial charge in [0.15, 0.2) is 0 Å². The molecule has 0 fully saturated rings. The summed E-state index contributed by atoms with van der Waals surface area (Å²) in [6.07, 6.45) is 2.28. The largest absolute Gasteiger partial charge is 0.492 e. The maximum Gasteiger partial charge on any atom is 0.119 e. The molecule has 0 aliphatic heterocycles. The normalized spacial score (nSPS) is 11.2. The Balaban J connectivity index is 1.64. The third kappa shape index (κ3) is 6.97. The molecule has 4 heteroatoms. The molecule has 0 heterocycles. The topological polar surface area (TPSA) is 24.9 Å². The van der Waals surface area contributed by atoms with Crippen LogP contribution in [0.15, 0.2) is 91.0 Å². The Bertz CT molecular complexity index is 1170. The van der Waals surface area contributed by atoms with Gasteiger partial charge in [0.25, 0.3) is 0 Å². The molecule has 2 aromatic carbocycles. The molecule has 0 atom stereocenters. The van der Waals surface area contributed by atoms with Gasteiger partial charge in [-0.1, -0.05) is 66.7 Å². The molecule has 0 amide bonds. The van der Waals surface area contributed by atoms with Crippen molar-refractivity contribution in [1.82, 2.24) is 9.80 Å². The molecule has 4 rings (SSSR count). The fourth-order valence-corrected chi connectivity index (χ4v) is 4.01. The number of likely N-dealkylation sites (N-methyl/N-ethyl adjacent to an activating group) is 2. The zero-order valence-corrected chi connectivity index (χ0v) is 21.8. The number of nitrogens with zero attached hydrogens (tertiary/aromatic N) is 2. The lowest BCUT2D eigenvalue weighted by Gasteiger charge is -2.14. The number of rotatable bonds is 11. The van der Waals surface area contributed by atoms with E-state index in [1.165, 1.54) is 16.7 Å². The third-order valence-corrected chi connectivity index (χ3v) is 6.07. The molecule has 0 saturated carbocycles. The Labute approximate surface area is 215 Å². The molecular weight excluding hydrogens is 444 g/mol. The van der Waals surface area contributed by atoms with Crippen LogP contribution in [0.3, 0.4) is 0 Å². The summed E-state index contributed by atoms with van der Waals surface area (Å²) in [6.45, 7) is 3.11. The van der Waals surface area contributed by atoms with E-state index in [-0.39, 0.29) is 0 Å². The maximum absolute atomic E-state index is 5.92. The Hall–Kier alpha value is -3.60. The van der Waals surface area contributed by atoms with E-state index in [1.807, 2.05) is 0 Å². The first-order valence-corrected chi connectivity index (χ1v) is 12.4. The van der Waals surface area contributed by atoms with Crippen molar-refractivity contribution in [2.24, 2.45) is 0 Å². The van der Waals surface area contributed by atoms with Crippen molar-refractivity contribution in [1.29, 1.82) is 0 Å². The minimum Gasteiger partial charge on any atom is -0.492 e. The van der Waals surface area contributed by atoms with Gasteiger partial charge in [-0.2, -0.15) is 0 Å². The highest BCUT2D eigenvalue weighted by molar-refractivity contribution is 5.95. The second-order valence-corrected chi connectivity index (χ2v) is 9.48. The van der Waals surface area contributed by atoms with Crippen molar-refractivity contribution in [3.05, 3.63) is 108 Å². The van der Waals surface area contributed by atoms with E-state index in [0.29, 0.717) is 13.2 Å². The van der Waals surface area contributed by atoms with Gasteiger partial charge in [0, 0.05) is 13.1 Å². The van der Waals surface area contributed by atoms with E-state index in [1.54, 1.807) is 0 Å². The number of fused-ring (bicyclic) bond motifs is 1. The molecular formula is C32H36N2O2. The molecule has 0 N–H and O–H groups in total. The first kappa shape index (κ1) is 25.5. The van der Waals surface area contributed by atoms with Crippen molar-refractivity contribution in [2.75, 3.05) is 54.5 Å². The summed E-state index contributed by atoms with van der Waals surface area (Å²) in [5.74, 6) is 1.77. The Morgan fingerprint density at radius 2 is 1.14 bits per heavy atom.